The van der Waals surface area contributed by atoms with E-state index in [-0.39, 0.29) is 0 Å². The summed E-state index contributed by atoms with van der Waals surface area (Å²) >= 11 is 2.16. The van der Waals surface area contributed by atoms with E-state index in [2.05, 4.69) is 16.7 Å². The van der Waals surface area contributed by atoms with E-state index in [1.54, 1.807) is 0 Å². The van der Waals surface area contributed by atoms with Crippen molar-refractivity contribution in [3.05, 3.63) is 0 Å². The predicted molar refractivity (Wildman–Crippen MR) is 70.8 cm³/mol. The maximum Gasteiger partial charge on any atom is 0.0192 e. The van der Waals surface area contributed by atoms with Crippen molar-refractivity contribution in [2.45, 2.75) is 69.1 Å². The first-order valence-corrected chi connectivity index (χ1v) is 8.11. The quantitative estimate of drug-likeness (QED) is 0.762. The van der Waals surface area contributed by atoms with E-state index >= 15 is 0 Å². The van der Waals surface area contributed by atoms with Crippen LogP contribution in [-0.4, -0.2) is 40.6 Å². The highest BCUT2D eigenvalue weighted by atomic mass is 32.2. The molecule has 2 nitrogen and oxygen atoms in total. The first kappa shape index (κ1) is 11.4. The number of hydrogen-bond acceptors (Lipinski definition) is 3. The van der Waals surface area contributed by atoms with Gasteiger partial charge in [-0.15, -0.1) is 0 Å². The number of piperidine rings is 2. The highest BCUT2D eigenvalue weighted by Gasteiger charge is 2.40. The molecule has 3 rings (SSSR count). The van der Waals surface area contributed by atoms with Gasteiger partial charge in [-0.3, -0.25) is 4.90 Å². The number of fused-ring (bicyclic) bond motifs is 2. The third-order valence-electron chi connectivity index (χ3n) is 4.63. The van der Waals surface area contributed by atoms with Crippen LogP contribution < -0.4 is 5.73 Å². The third-order valence-corrected chi connectivity index (χ3v) is 5.82. The van der Waals surface area contributed by atoms with Gasteiger partial charge in [0.2, 0.25) is 0 Å². The standard InChI is InChI=1S/C13H24N2S/c14-10-7-11-3-1-4-12(8-10)15(11)13-5-2-6-16-9-13/h10-13H,1-9,14H2. The van der Waals surface area contributed by atoms with Crippen molar-refractivity contribution in [2.75, 3.05) is 11.5 Å². The Balaban J connectivity index is 1.72. The van der Waals surface area contributed by atoms with Crippen LogP contribution in [0.25, 0.3) is 0 Å². The van der Waals surface area contributed by atoms with Crippen LogP contribution in [0.1, 0.15) is 44.9 Å². The minimum absolute atomic E-state index is 0.489. The number of rotatable bonds is 1. The number of nitrogens with zero attached hydrogens (tertiary/aromatic N) is 1. The number of hydrogen-bond donors (Lipinski definition) is 1. The molecule has 0 aromatic carbocycles. The van der Waals surface area contributed by atoms with Gasteiger partial charge in [-0.25, -0.2) is 0 Å². The fourth-order valence-electron chi connectivity index (χ4n) is 4.01. The van der Waals surface area contributed by atoms with Gasteiger partial charge in [-0.2, -0.15) is 11.8 Å². The Morgan fingerprint density at radius 2 is 1.62 bits per heavy atom. The van der Waals surface area contributed by atoms with Gasteiger partial charge in [-0.05, 0) is 44.3 Å². The van der Waals surface area contributed by atoms with Crippen molar-refractivity contribution in [1.82, 2.24) is 4.90 Å². The van der Waals surface area contributed by atoms with Crippen LogP contribution in [-0.2, 0) is 0 Å². The Morgan fingerprint density at radius 3 is 2.25 bits per heavy atom. The zero-order chi connectivity index (χ0) is 11.0. The molecule has 2 N–H and O–H groups in total. The largest absolute Gasteiger partial charge is 0.328 e. The molecule has 0 radical (unpaired) electrons. The summed E-state index contributed by atoms with van der Waals surface area (Å²) < 4.78 is 0. The van der Waals surface area contributed by atoms with Crippen LogP contribution in [0.5, 0.6) is 0 Å². The highest BCUT2D eigenvalue weighted by molar-refractivity contribution is 7.99. The van der Waals surface area contributed by atoms with Crippen LogP contribution in [0.3, 0.4) is 0 Å². The van der Waals surface area contributed by atoms with Crippen LogP contribution >= 0.6 is 11.8 Å². The summed E-state index contributed by atoms with van der Waals surface area (Å²) in [6.07, 6.45) is 9.65. The normalized spacial score (nSPS) is 45.6. The SMILES string of the molecule is NC1CC2CCCC(C1)N2C1CCCSC1. The zero-order valence-electron chi connectivity index (χ0n) is 10.1. The fraction of sp³-hybridized carbons (Fsp3) is 1.00. The molecule has 2 bridgehead atoms. The molecule has 3 heterocycles. The first-order chi connectivity index (χ1) is 7.84. The molecule has 0 amide bonds. The van der Waals surface area contributed by atoms with Gasteiger partial charge in [0.15, 0.2) is 0 Å². The van der Waals surface area contributed by atoms with Crippen LogP contribution in [0, 0.1) is 0 Å². The maximum absolute atomic E-state index is 6.18. The molecule has 3 aliphatic heterocycles. The minimum atomic E-state index is 0.489. The Hall–Kier alpha value is 0.270. The summed E-state index contributed by atoms with van der Waals surface area (Å²) in [7, 11) is 0. The third kappa shape index (κ3) is 2.14. The smallest absolute Gasteiger partial charge is 0.0192 e. The maximum atomic E-state index is 6.18. The molecule has 3 saturated heterocycles. The van der Waals surface area contributed by atoms with Gasteiger partial charge in [0.25, 0.3) is 0 Å². The lowest BCUT2D eigenvalue weighted by Gasteiger charge is -2.52. The van der Waals surface area contributed by atoms with Crippen LogP contribution in [0.15, 0.2) is 0 Å². The van der Waals surface area contributed by atoms with Crippen molar-refractivity contribution in [1.29, 1.82) is 0 Å². The predicted octanol–water partition coefficient (Wildman–Crippen LogP) is 2.23. The van der Waals surface area contributed by atoms with E-state index in [4.69, 9.17) is 5.73 Å². The number of nitrogens with two attached hydrogens (primary N) is 1. The summed E-state index contributed by atoms with van der Waals surface area (Å²) in [5.41, 5.74) is 6.18. The summed E-state index contributed by atoms with van der Waals surface area (Å²) in [6.45, 7) is 0. The number of thioether (sulfide) groups is 1. The van der Waals surface area contributed by atoms with Crippen LogP contribution in [0.4, 0.5) is 0 Å². The van der Waals surface area contributed by atoms with Crippen molar-refractivity contribution in [3.8, 4) is 0 Å². The lowest BCUT2D eigenvalue weighted by molar-refractivity contribution is -0.00146. The van der Waals surface area contributed by atoms with Gasteiger partial charge >= 0.3 is 0 Å². The molecule has 0 aliphatic carbocycles. The lowest BCUT2D eigenvalue weighted by Crippen LogP contribution is -2.59. The zero-order valence-corrected chi connectivity index (χ0v) is 10.9. The Labute approximate surface area is 103 Å². The Bertz CT molecular complexity index is 219. The molecule has 0 saturated carbocycles. The molecular weight excluding hydrogens is 216 g/mol. The lowest BCUT2D eigenvalue weighted by atomic mass is 9.80. The Kier molecular flexibility index (Phi) is 3.46. The average Bonchev–Trinajstić information content (AvgIpc) is 2.29. The minimum Gasteiger partial charge on any atom is -0.328 e. The molecule has 3 atom stereocenters. The van der Waals surface area contributed by atoms with Gasteiger partial charge in [0.05, 0.1) is 0 Å². The molecule has 3 aliphatic rings. The van der Waals surface area contributed by atoms with E-state index in [0.717, 1.165) is 18.1 Å². The molecule has 3 fully saturated rings. The fourth-order valence-corrected chi connectivity index (χ4v) is 5.16. The van der Waals surface area contributed by atoms with Crippen LogP contribution in [0.2, 0.25) is 0 Å². The second kappa shape index (κ2) is 4.87. The monoisotopic (exact) mass is 240 g/mol. The van der Waals surface area contributed by atoms with Gasteiger partial charge in [0.1, 0.15) is 0 Å². The molecule has 16 heavy (non-hydrogen) atoms. The van der Waals surface area contributed by atoms with Gasteiger partial charge in [-0.1, -0.05) is 6.42 Å². The van der Waals surface area contributed by atoms with Crippen molar-refractivity contribution in [2.24, 2.45) is 5.73 Å². The van der Waals surface area contributed by atoms with E-state index in [9.17, 15) is 0 Å². The van der Waals surface area contributed by atoms with Crippen molar-refractivity contribution >= 4 is 11.8 Å². The highest BCUT2D eigenvalue weighted by Crippen LogP contribution is 2.37. The molecule has 3 unspecified atom stereocenters. The molecule has 0 aromatic rings. The van der Waals surface area contributed by atoms with Gasteiger partial charge in [0, 0.05) is 29.9 Å². The summed E-state index contributed by atoms with van der Waals surface area (Å²) in [6, 6.07) is 3.02. The van der Waals surface area contributed by atoms with Crippen molar-refractivity contribution in [3.63, 3.8) is 0 Å². The first-order valence-electron chi connectivity index (χ1n) is 6.95. The van der Waals surface area contributed by atoms with E-state index in [1.807, 2.05) is 0 Å². The summed E-state index contributed by atoms with van der Waals surface area (Å²) in [4.78, 5) is 2.89. The summed E-state index contributed by atoms with van der Waals surface area (Å²) in [5.74, 6) is 2.77. The van der Waals surface area contributed by atoms with E-state index < -0.39 is 0 Å². The van der Waals surface area contributed by atoms with E-state index in [1.165, 1.54) is 56.5 Å². The second-order valence-corrected chi connectivity index (χ2v) is 6.94. The molecular formula is C13H24N2S. The molecule has 92 valence electrons. The van der Waals surface area contributed by atoms with E-state index in [0.29, 0.717) is 6.04 Å². The molecule has 0 aromatic heterocycles. The second-order valence-electron chi connectivity index (χ2n) is 5.79. The average molecular weight is 240 g/mol. The summed E-state index contributed by atoms with van der Waals surface area (Å²) in [5, 5.41) is 0. The topological polar surface area (TPSA) is 29.3 Å². The molecule has 3 heteroatoms. The molecule has 0 spiro atoms. The van der Waals surface area contributed by atoms with Crippen molar-refractivity contribution < 1.29 is 0 Å². The van der Waals surface area contributed by atoms with Gasteiger partial charge < -0.3 is 5.73 Å². The Morgan fingerprint density at radius 1 is 0.938 bits per heavy atom.